The second-order valence-electron chi connectivity index (χ2n) is 4.36. The number of anilines is 1. The van der Waals surface area contributed by atoms with Crippen molar-refractivity contribution in [3.05, 3.63) is 29.3 Å². The number of carbonyl (C=O) groups excluding carboxylic acids is 1. The number of hydrogen-bond donors (Lipinski definition) is 1. The van der Waals surface area contributed by atoms with Crippen molar-refractivity contribution in [2.75, 3.05) is 4.90 Å². The van der Waals surface area contributed by atoms with Crippen LogP contribution in [0.4, 0.5) is 18.9 Å². The molecular formula is C12H10F3NO3. The maximum atomic E-state index is 12.5. The van der Waals surface area contributed by atoms with Crippen LogP contribution in [0.25, 0.3) is 0 Å². The van der Waals surface area contributed by atoms with E-state index in [0.717, 1.165) is 5.56 Å². The molecule has 7 heteroatoms. The number of alkyl halides is 3. The molecular weight excluding hydrogens is 263 g/mol. The molecule has 2 rings (SSSR count). The molecule has 0 saturated carbocycles. The number of carboxylic acids is 1. The molecule has 19 heavy (non-hydrogen) atoms. The van der Waals surface area contributed by atoms with E-state index < -0.39 is 24.1 Å². The van der Waals surface area contributed by atoms with Crippen molar-refractivity contribution < 1.29 is 27.9 Å². The number of aliphatic carboxylic acids is 1. The number of rotatable bonds is 1. The summed E-state index contributed by atoms with van der Waals surface area (Å²) >= 11 is 0. The second kappa shape index (κ2) is 4.25. The van der Waals surface area contributed by atoms with Gasteiger partial charge in [0.2, 0.25) is 0 Å². The van der Waals surface area contributed by atoms with Crippen LogP contribution in [0.3, 0.4) is 0 Å². The predicted molar refractivity (Wildman–Crippen MR) is 59.8 cm³/mol. The summed E-state index contributed by atoms with van der Waals surface area (Å²) in [6.45, 7) is 1.74. The first-order valence-electron chi connectivity index (χ1n) is 5.44. The van der Waals surface area contributed by atoms with Gasteiger partial charge in [0.25, 0.3) is 0 Å². The zero-order valence-electron chi connectivity index (χ0n) is 9.86. The van der Waals surface area contributed by atoms with Gasteiger partial charge in [-0.3, -0.25) is 9.69 Å². The third-order valence-corrected chi connectivity index (χ3v) is 2.97. The molecule has 1 amide bonds. The van der Waals surface area contributed by atoms with E-state index in [4.69, 9.17) is 5.11 Å². The minimum absolute atomic E-state index is 0.0142. The largest absolute Gasteiger partial charge is 0.480 e. The molecule has 102 valence electrons. The Hall–Kier alpha value is -2.05. The Labute approximate surface area is 106 Å². The summed E-state index contributed by atoms with van der Waals surface area (Å²) in [5.41, 5.74) is 1.24. The van der Waals surface area contributed by atoms with E-state index >= 15 is 0 Å². The second-order valence-corrected chi connectivity index (χ2v) is 4.36. The highest BCUT2D eigenvalue weighted by molar-refractivity contribution is 6.04. The van der Waals surface area contributed by atoms with Crippen LogP contribution >= 0.6 is 0 Å². The van der Waals surface area contributed by atoms with E-state index in [-0.39, 0.29) is 12.1 Å². The third-order valence-electron chi connectivity index (χ3n) is 2.97. The molecule has 1 aromatic rings. The van der Waals surface area contributed by atoms with Gasteiger partial charge in [-0.2, -0.15) is 13.2 Å². The van der Waals surface area contributed by atoms with Gasteiger partial charge in [-0.05, 0) is 18.6 Å². The van der Waals surface area contributed by atoms with Crippen molar-refractivity contribution in [2.24, 2.45) is 0 Å². The Bertz CT molecular complexity index is 554. The van der Waals surface area contributed by atoms with Gasteiger partial charge in [-0.25, -0.2) is 4.79 Å². The number of carboxylic acid groups (broad SMARTS) is 1. The van der Waals surface area contributed by atoms with Crippen molar-refractivity contribution >= 4 is 17.6 Å². The van der Waals surface area contributed by atoms with Crippen molar-refractivity contribution in [1.82, 2.24) is 0 Å². The van der Waals surface area contributed by atoms with Crippen LogP contribution in [0, 0.1) is 6.92 Å². The minimum Gasteiger partial charge on any atom is -0.480 e. The Morgan fingerprint density at radius 2 is 2.00 bits per heavy atom. The lowest BCUT2D eigenvalue weighted by Gasteiger charge is -2.23. The van der Waals surface area contributed by atoms with Crippen LogP contribution in [0.5, 0.6) is 0 Å². The number of halogens is 3. The molecule has 0 radical (unpaired) electrons. The summed E-state index contributed by atoms with van der Waals surface area (Å²) in [7, 11) is 0. The van der Waals surface area contributed by atoms with Gasteiger partial charge >= 0.3 is 18.1 Å². The molecule has 0 fully saturated rings. The Morgan fingerprint density at radius 3 is 2.53 bits per heavy atom. The van der Waals surface area contributed by atoms with E-state index in [1.54, 1.807) is 19.1 Å². The zero-order chi connectivity index (χ0) is 14.4. The highest BCUT2D eigenvalue weighted by Gasteiger charge is 2.49. The van der Waals surface area contributed by atoms with Crippen LogP contribution in [-0.4, -0.2) is 29.2 Å². The number of amides is 1. The first-order chi connectivity index (χ1) is 8.71. The molecule has 4 nitrogen and oxygen atoms in total. The minimum atomic E-state index is -5.10. The van der Waals surface area contributed by atoms with E-state index in [2.05, 4.69) is 0 Å². The van der Waals surface area contributed by atoms with Crippen LogP contribution in [-0.2, 0) is 16.0 Å². The normalized spacial score (nSPS) is 18.3. The maximum absolute atomic E-state index is 12.5. The highest BCUT2D eigenvalue weighted by Crippen LogP contribution is 2.36. The molecule has 1 aliphatic rings. The topological polar surface area (TPSA) is 57.6 Å². The molecule has 0 aliphatic carbocycles. The third kappa shape index (κ3) is 2.27. The van der Waals surface area contributed by atoms with E-state index in [0.29, 0.717) is 10.5 Å². The summed E-state index contributed by atoms with van der Waals surface area (Å²) in [5.74, 6) is -3.60. The fourth-order valence-corrected chi connectivity index (χ4v) is 2.17. The summed E-state index contributed by atoms with van der Waals surface area (Å²) in [6.07, 6.45) is -5.21. The first kappa shape index (κ1) is 13.4. The van der Waals surface area contributed by atoms with Gasteiger partial charge in [-0.1, -0.05) is 17.7 Å². The lowest BCUT2D eigenvalue weighted by molar-refractivity contribution is -0.171. The van der Waals surface area contributed by atoms with Crippen LogP contribution in [0.15, 0.2) is 18.2 Å². The number of carbonyl (C=O) groups is 2. The molecule has 0 spiro atoms. The fourth-order valence-electron chi connectivity index (χ4n) is 2.17. The molecule has 1 aliphatic heterocycles. The van der Waals surface area contributed by atoms with Gasteiger partial charge in [0.1, 0.15) is 6.04 Å². The van der Waals surface area contributed by atoms with Gasteiger partial charge in [0.05, 0.1) is 0 Å². The SMILES string of the molecule is Cc1ccc2c(c1)CC(C(=O)O)N2C(=O)C(F)(F)F. The quantitative estimate of drug-likeness (QED) is 0.850. The Balaban J connectivity index is 2.50. The van der Waals surface area contributed by atoms with Crippen LogP contribution in [0.1, 0.15) is 11.1 Å². The van der Waals surface area contributed by atoms with Gasteiger partial charge < -0.3 is 5.11 Å². The summed E-state index contributed by atoms with van der Waals surface area (Å²) in [5, 5.41) is 8.98. The first-order valence-corrected chi connectivity index (χ1v) is 5.44. The lowest BCUT2D eigenvalue weighted by atomic mass is 10.1. The van der Waals surface area contributed by atoms with Crippen molar-refractivity contribution in [3.63, 3.8) is 0 Å². The number of benzene rings is 1. The molecule has 1 atom stereocenters. The van der Waals surface area contributed by atoms with Crippen molar-refractivity contribution in [2.45, 2.75) is 25.6 Å². The summed E-state index contributed by atoms with van der Waals surface area (Å²) in [4.78, 5) is 22.7. The molecule has 0 saturated heterocycles. The molecule has 0 bridgehead atoms. The van der Waals surface area contributed by atoms with E-state index in [9.17, 15) is 22.8 Å². The lowest BCUT2D eigenvalue weighted by Crippen LogP contribution is -2.48. The summed E-state index contributed by atoms with van der Waals surface area (Å²) in [6, 6.07) is 2.97. The fraction of sp³-hybridized carbons (Fsp3) is 0.333. The van der Waals surface area contributed by atoms with Gasteiger partial charge in [-0.15, -0.1) is 0 Å². The summed E-state index contributed by atoms with van der Waals surface area (Å²) < 4.78 is 37.6. The van der Waals surface area contributed by atoms with Crippen molar-refractivity contribution in [3.8, 4) is 0 Å². The average molecular weight is 273 g/mol. The maximum Gasteiger partial charge on any atom is 0.471 e. The number of fused-ring (bicyclic) bond motifs is 1. The number of nitrogens with zero attached hydrogens (tertiary/aromatic N) is 1. The van der Waals surface area contributed by atoms with Crippen LogP contribution in [0.2, 0.25) is 0 Å². The number of hydrogen-bond acceptors (Lipinski definition) is 2. The monoisotopic (exact) mass is 273 g/mol. The Morgan fingerprint density at radius 1 is 1.37 bits per heavy atom. The molecule has 1 aromatic carbocycles. The van der Waals surface area contributed by atoms with Crippen molar-refractivity contribution in [1.29, 1.82) is 0 Å². The van der Waals surface area contributed by atoms with Crippen LogP contribution < -0.4 is 4.90 Å². The molecule has 0 aromatic heterocycles. The zero-order valence-corrected chi connectivity index (χ0v) is 9.86. The standard InChI is InChI=1S/C12H10F3NO3/c1-6-2-3-8-7(4-6)5-9(10(17)18)16(8)11(19)12(13,14)15/h2-4,9H,5H2,1H3,(H,17,18). The van der Waals surface area contributed by atoms with E-state index in [1.807, 2.05) is 0 Å². The molecule has 1 unspecified atom stereocenters. The van der Waals surface area contributed by atoms with Gasteiger partial charge in [0, 0.05) is 12.1 Å². The van der Waals surface area contributed by atoms with E-state index in [1.165, 1.54) is 6.07 Å². The van der Waals surface area contributed by atoms with Gasteiger partial charge in [0.15, 0.2) is 0 Å². The smallest absolute Gasteiger partial charge is 0.471 e. The number of aryl methyl sites for hydroxylation is 1. The predicted octanol–water partition coefficient (Wildman–Crippen LogP) is 1.90. The molecule has 1 heterocycles. The average Bonchev–Trinajstić information content (AvgIpc) is 2.64. The highest BCUT2D eigenvalue weighted by atomic mass is 19.4. The Kier molecular flexibility index (Phi) is 3.00. The molecule has 1 N–H and O–H groups in total.